The highest BCUT2D eigenvalue weighted by Crippen LogP contribution is 2.39. The van der Waals surface area contributed by atoms with Gasteiger partial charge in [0.1, 0.15) is 11.5 Å². The summed E-state index contributed by atoms with van der Waals surface area (Å²) in [4.78, 5) is 0. The maximum Gasteiger partial charge on any atom is 0.123 e. The van der Waals surface area contributed by atoms with Gasteiger partial charge >= 0.3 is 0 Å². The number of hydrogen-bond donors (Lipinski definition) is 3. The molecular formula is C16H25NO3. The van der Waals surface area contributed by atoms with Crippen molar-refractivity contribution in [3.05, 3.63) is 23.8 Å². The quantitative estimate of drug-likeness (QED) is 0.684. The first-order valence-electron chi connectivity index (χ1n) is 7.39. The Hall–Kier alpha value is -1.26. The van der Waals surface area contributed by atoms with E-state index in [1.807, 2.05) is 26.0 Å². The molecule has 0 bridgehead atoms. The zero-order valence-corrected chi connectivity index (χ0v) is 12.4. The van der Waals surface area contributed by atoms with Gasteiger partial charge in [0.15, 0.2) is 0 Å². The van der Waals surface area contributed by atoms with Gasteiger partial charge in [-0.2, -0.15) is 0 Å². The molecule has 0 saturated heterocycles. The summed E-state index contributed by atoms with van der Waals surface area (Å²) in [5.74, 6) is 1.48. The van der Waals surface area contributed by atoms with Crippen LogP contribution in [0.25, 0.3) is 0 Å². The maximum atomic E-state index is 10.0. The average molecular weight is 279 g/mol. The summed E-state index contributed by atoms with van der Waals surface area (Å²) >= 11 is 0. The molecule has 1 saturated carbocycles. The first-order chi connectivity index (χ1) is 9.59. The molecule has 0 spiro atoms. The number of phenolic OH excluding ortho intramolecular Hbond substituents is 1. The highest BCUT2D eigenvalue weighted by atomic mass is 16.5. The third kappa shape index (κ3) is 3.64. The van der Waals surface area contributed by atoms with Gasteiger partial charge in [-0.05, 0) is 38.2 Å². The van der Waals surface area contributed by atoms with Crippen molar-refractivity contribution in [1.29, 1.82) is 0 Å². The fourth-order valence-corrected chi connectivity index (χ4v) is 2.35. The van der Waals surface area contributed by atoms with Crippen LogP contribution in [0.15, 0.2) is 18.2 Å². The highest BCUT2D eigenvalue weighted by molar-refractivity contribution is 5.39. The number of phenols is 1. The van der Waals surface area contributed by atoms with Gasteiger partial charge in [0.2, 0.25) is 0 Å². The van der Waals surface area contributed by atoms with Crippen LogP contribution in [-0.4, -0.2) is 29.0 Å². The van der Waals surface area contributed by atoms with Gasteiger partial charge in [-0.15, -0.1) is 0 Å². The normalized spacial score (nSPS) is 17.8. The molecule has 4 nitrogen and oxygen atoms in total. The monoisotopic (exact) mass is 279 g/mol. The van der Waals surface area contributed by atoms with Crippen LogP contribution in [0, 0.1) is 5.92 Å². The smallest absolute Gasteiger partial charge is 0.123 e. The lowest BCUT2D eigenvalue weighted by Crippen LogP contribution is -2.47. The van der Waals surface area contributed by atoms with E-state index < -0.39 is 0 Å². The Labute approximate surface area is 120 Å². The second kappa shape index (κ2) is 6.46. The van der Waals surface area contributed by atoms with Crippen LogP contribution >= 0.6 is 0 Å². The molecule has 1 aliphatic carbocycles. The second-order valence-corrected chi connectivity index (χ2v) is 5.84. The van der Waals surface area contributed by atoms with Crippen molar-refractivity contribution < 1.29 is 14.9 Å². The predicted molar refractivity (Wildman–Crippen MR) is 78.9 cm³/mol. The van der Waals surface area contributed by atoms with Crippen molar-refractivity contribution in [2.75, 3.05) is 13.2 Å². The van der Waals surface area contributed by atoms with E-state index in [4.69, 9.17) is 4.74 Å². The summed E-state index contributed by atoms with van der Waals surface area (Å²) in [5, 5.41) is 22.9. The molecule has 1 aromatic carbocycles. The van der Waals surface area contributed by atoms with Gasteiger partial charge in [0.05, 0.1) is 13.2 Å². The summed E-state index contributed by atoms with van der Waals surface area (Å²) in [6.45, 7) is 5.41. The van der Waals surface area contributed by atoms with E-state index in [9.17, 15) is 10.2 Å². The van der Waals surface area contributed by atoms with E-state index in [1.54, 1.807) is 6.07 Å². The number of aromatic hydroxyl groups is 1. The minimum absolute atomic E-state index is 0.121. The fourth-order valence-electron chi connectivity index (χ4n) is 2.35. The van der Waals surface area contributed by atoms with Crippen molar-refractivity contribution in [1.82, 2.24) is 5.32 Å². The van der Waals surface area contributed by atoms with Crippen LogP contribution in [0.5, 0.6) is 11.5 Å². The number of nitrogens with one attached hydrogen (secondary N) is 1. The first-order valence-corrected chi connectivity index (χ1v) is 7.39. The van der Waals surface area contributed by atoms with E-state index in [1.165, 1.54) is 12.8 Å². The van der Waals surface area contributed by atoms with E-state index in [0.29, 0.717) is 24.8 Å². The number of aliphatic hydroxyl groups is 1. The second-order valence-electron chi connectivity index (χ2n) is 5.84. The maximum absolute atomic E-state index is 10.0. The zero-order chi connectivity index (χ0) is 14.6. The number of ether oxygens (including phenoxy) is 1. The number of rotatable bonds is 8. The molecule has 3 N–H and O–H groups in total. The van der Waals surface area contributed by atoms with Gasteiger partial charge in [0, 0.05) is 23.7 Å². The molecule has 112 valence electrons. The molecule has 1 aliphatic rings. The minimum atomic E-state index is -0.246. The molecule has 1 unspecified atom stereocenters. The molecule has 0 aromatic heterocycles. The van der Waals surface area contributed by atoms with Crippen LogP contribution in [-0.2, 0) is 6.54 Å². The van der Waals surface area contributed by atoms with E-state index in [-0.39, 0.29) is 17.9 Å². The Morgan fingerprint density at radius 3 is 2.70 bits per heavy atom. The van der Waals surface area contributed by atoms with Gasteiger partial charge in [-0.1, -0.05) is 13.0 Å². The molecule has 1 fully saturated rings. The number of benzene rings is 1. The molecule has 0 radical (unpaired) electrons. The molecule has 1 atom stereocenters. The summed E-state index contributed by atoms with van der Waals surface area (Å²) in [6.07, 6.45) is 3.28. The molecule has 0 amide bonds. The molecule has 4 heteroatoms. The van der Waals surface area contributed by atoms with Crippen molar-refractivity contribution >= 4 is 0 Å². The fraction of sp³-hybridized carbons (Fsp3) is 0.625. The molecule has 0 aliphatic heterocycles. The minimum Gasteiger partial charge on any atom is -0.507 e. The Kier molecular flexibility index (Phi) is 4.89. The number of aliphatic hydroxyl groups excluding tert-OH is 1. The SMILES string of the molecule is CCCOc1ccc(CNC(C)(CO)C2CC2)c(O)c1. The Bertz CT molecular complexity index is 445. The third-order valence-corrected chi connectivity index (χ3v) is 4.02. The number of hydrogen-bond acceptors (Lipinski definition) is 4. The largest absolute Gasteiger partial charge is 0.507 e. The summed E-state index contributed by atoms with van der Waals surface area (Å²) in [5.41, 5.74) is 0.582. The summed E-state index contributed by atoms with van der Waals surface area (Å²) in [6, 6.07) is 5.40. The van der Waals surface area contributed by atoms with Crippen LogP contribution in [0.4, 0.5) is 0 Å². The molecule has 20 heavy (non-hydrogen) atoms. The Morgan fingerprint density at radius 1 is 1.40 bits per heavy atom. The Balaban J connectivity index is 1.95. The predicted octanol–water partition coefficient (Wildman–Crippen LogP) is 2.43. The average Bonchev–Trinajstić information content (AvgIpc) is 3.28. The third-order valence-electron chi connectivity index (χ3n) is 4.02. The van der Waals surface area contributed by atoms with Crippen LogP contribution in [0.1, 0.15) is 38.7 Å². The van der Waals surface area contributed by atoms with Gasteiger partial charge < -0.3 is 20.3 Å². The van der Waals surface area contributed by atoms with Gasteiger partial charge in [-0.25, -0.2) is 0 Å². The molecule has 1 aromatic rings. The van der Waals surface area contributed by atoms with Crippen molar-refractivity contribution in [2.45, 2.75) is 45.2 Å². The molecule has 2 rings (SSSR count). The van der Waals surface area contributed by atoms with Crippen molar-refractivity contribution in [3.63, 3.8) is 0 Å². The topological polar surface area (TPSA) is 61.7 Å². The van der Waals surface area contributed by atoms with E-state index in [2.05, 4.69) is 5.32 Å². The van der Waals surface area contributed by atoms with Gasteiger partial charge in [-0.3, -0.25) is 0 Å². The summed E-state index contributed by atoms with van der Waals surface area (Å²) in [7, 11) is 0. The zero-order valence-electron chi connectivity index (χ0n) is 12.4. The highest BCUT2D eigenvalue weighted by Gasteiger charge is 2.40. The lowest BCUT2D eigenvalue weighted by atomic mass is 9.96. The summed E-state index contributed by atoms with van der Waals surface area (Å²) < 4.78 is 5.49. The van der Waals surface area contributed by atoms with Crippen LogP contribution < -0.4 is 10.1 Å². The van der Waals surface area contributed by atoms with E-state index >= 15 is 0 Å². The van der Waals surface area contributed by atoms with Crippen molar-refractivity contribution in [2.24, 2.45) is 5.92 Å². The van der Waals surface area contributed by atoms with Gasteiger partial charge in [0.25, 0.3) is 0 Å². The first kappa shape index (κ1) is 15.1. The van der Waals surface area contributed by atoms with E-state index in [0.717, 1.165) is 12.0 Å². The molecular weight excluding hydrogens is 254 g/mol. The Morgan fingerprint density at radius 2 is 2.15 bits per heavy atom. The lowest BCUT2D eigenvalue weighted by molar-refractivity contribution is 0.153. The lowest BCUT2D eigenvalue weighted by Gasteiger charge is -2.29. The standard InChI is InChI=1S/C16H25NO3/c1-3-8-20-14-7-4-12(15(19)9-14)10-17-16(2,11-18)13-5-6-13/h4,7,9,13,17-19H,3,5-6,8,10-11H2,1-2H3. The van der Waals surface area contributed by atoms with Crippen molar-refractivity contribution in [3.8, 4) is 11.5 Å². The van der Waals surface area contributed by atoms with Crippen LogP contribution in [0.2, 0.25) is 0 Å². The van der Waals surface area contributed by atoms with Crippen LogP contribution in [0.3, 0.4) is 0 Å². The molecule has 0 heterocycles.